The summed E-state index contributed by atoms with van der Waals surface area (Å²) in [6.45, 7) is 4.40. The first-order chi connectivity index (χ1) is 14.8. The molecule has 0 atom stereocenters. The average Bonchev–Trinajstić information content (AvgIpc) is 2.79. The van der Waals surface area contributed by atoms with Crippen molar-refractivity contribution in [3.8, 4) is 0 Å². The summed E-state index contributed by atoms with van der Waals surface area (Å²) in [5.74, 6) is -0.193. The topological polar surface area (TPSA) is 83.5 Å². The number of pyridine rings is 2. The molecular weight excluding hydrogens is 412 g/mol. The van der Waals surface area contributed by atoms with Crippen LogP contribution < -0.4 is 0 Å². The summed E-state index contributed by atoms with van der Waals surface area (Å²) in [4.78, 5) is 23.3. The van der Waals surface area contributed by atoms with Crippen molar-refractivity contribution >= 4 is 15.9 Å². The maximum absolute atomic E-state index is 13.3. The van der Waals surface area contributed by atoms with Gasteiger partial charge in [-0.3, -0.25) is 14.8 Å². The van der Waals surface area contributed by atoms with Crippen molar-refractivity contribution in [3.05, 3.63) is 90.0 Å². The summed E-state index contributed by atoms with van der Waals surface area (Å²) in [5.41, 5.74) is 2.27. The molecule has 7 nitrogen and oxygen atoms in total. The zero-order valence-electron chi connectivity index (χ0n) is 17.8. The monoisotopic (exact) mass is 438 g/mol. The summed E-state index contributed by atoms with van der Waals surface area (Å²) >= 11 is 0. The van der Waals surface area contributed by atoms with Crippen molar-refractivity contribution < 1.29 is 13.2 Å². The van der Waals surface area contributed by atoms with E-state index < -0.39 is 10.0 Å². The molecule has 162 valence electrons. The van der Waals surface area contributed by atoms with E-state index in [1.165, 1.54) is 16.4 Å². The number of sulfonamides is 1. The van der Waals surface area contributed by atoms with Crippen LogP contribution in [0.3, 0.4) is 0 Å². The second kappa shape index (κ2) is 9.80. The van der Waals surface area contributed by atoms with E-state index in [0.29, 0.717) is 18.7 Å². The quantitative estimate of drug-likeness (QED) is 0.539. The molecule has 3 aromatic rings. The zero-order chi connectivity index (χ0) is 22.4. The third-order valence-electron chi connectivity index (χ3n) is 5.01. The molecule has 0 N–H and O–H groups in total. The van der Waals surface area contributed by atoms with Crippen LogP contribution in [0.25, 0.3) is 0 Å². The number of carbonyl (C=O) groups is 1. The largest absolute Gasteiger partial charge is 0.330 e. The van der Waals surface area contributed by atoms with Crippen LogP contribution in [0.5, 0.6) is 0 Å². The van der Waals surface area contributed by atoms with Crippen LogP contribution in [0.1, 0.15) is 35.3 Å². The SMILES string of the molecule is CC(C)N(C)S(=O)(=O)c1ccc(C(=O)N(Cc2ccncc2)Cc2cccnc2)cc1. The van der Waals surface area contributed by atoms with Crippen LogP contribution in [0.4, 0.5) is 0 Å². The number of carbonyl (C=O) groups excluding carboxylic acids is 1. The summed E-state index contributed by atoms with van der Waals surface area (Å²) in [6.07, 6.45) is 6.79. The molecular formula is C23H26N4O3S. The molecule has 0 radical (unpaired) electrons. The Labute approximate surface area is 183 Å². The minimum Gasteiger partial charge on any atom is -0.330 e. The molecule has 2 aromatic heterocycles. The predicted octanol–water partition coefficient (Wildman–Crippen LogP) is 3.35. The number of amides is 1. The molecule has 8 heteroatoms. The summed E-state index contributed by atoms with van der Waals surface area (Å²) < 4.78 is 26.7. The Balaban J connectivity index is 1.86. The minimum absolute atomic E-state index is 0.160. The second-order valence-electron chi connectivity index (χ2n) is 7.52. The van der Waals surface area contributed by atoms with Gasteiger partial charge in [0.25, 0.3) is 5.91 Å². The fourth-order valence-electron chi connectivity index (χ4n) is 3.02. The van der Waals surface area contributed by atoms with Gasteiger partial charge in [0.2, 0.25) is 10.0 Å². The summed E-state index contributed by atoms with van der Waals surface area (Å²) in [7, 11) is -2.06. The predicted molar refractivity (Wildman–Crippen MR) is 119 cm³/mol. The van der Waals surface area contributed by atoms with Gasteiger partial charge in [-0.15, -0.1) is 0 Å². The van der Waals surface area contributed by atoms with Gasteiger partial charge in [-0.2, -0.15) is 4.31 Å². The Morgan fingerprint density at radius 3 is 2.13 bits per heavy atom. The standard InChI is InChI=1S/C23H26N4O3S/c1-18(2)26(3)31(29,30)22-8-6-21(7-9-22)23(28)27(16-19-10-13-24-14-11-19)17-20-5-4-12-25-15-20/h4-15,18H,16-17H2,1-3H3. The minimum atomic E-state index is -3.60. The molecule has 0 spiro atoms. The van der Waals surface area contributed by atoms with Gasteiger partial charge >= 0.3 is 0 Å². The Hall–Kier alpha value is -3.10. The molecule has 0 aliphatic carbocycles. The van der Waals surface area contributed by atoms with Gasteiger partial charge in [0.15, 0.2) is 0 Å². The number of hydrogen-bond acceptors (Lipinski definition) is 5. The highest BCUT2D eigenvalue weighted by Gasteiger charge is 2.24. The third kappa shape index (κ3) is 5.53. The fraction of sp³-hybridized carbons (Fsp3) is 0.261. The van der Waals surface area contributed by atoms with Gasteiger partial charge in [-0.25, -0.2) is 8.42 Å². The van der Waals surface area contributed by atoms with Crippen LogP contribution in [0.2, 0.25) is 0 Å². The first-order valence-corrected chi connectivity index (χ1v) is 11.4. The average molecular weight is 439 g/mol. The highest BCUT2D eigenvalue weighted by Crippen LogP contribution is 2.19. The smallest absolute Gasteiger partial charge is 0.254 e. The lowest BCUT2D eigenvalue weighted by atomic mass is 10.1. The van der Waals surface area contributed by atoms with Crippen LogP contribution in [-0.2, 0) is 23.1 Å². The normalized spacial score (nSPS) is 11.6. The molecule has 31 heavy (non-hydrogen) atoms. The molecule has 0 unspecified atom stereocenters. The van der Waals surface area contributed by atoms with Crippen LogP contribution in [-0.4, -0.2) is 46.6 Å². The fourth-order valence-corrected chi connectivity index (χ4v) is 4.38. The molecule has 0 fully saturated rings. The van der Waals surface area contributed by atoms with Crippen LogP contribution in [0, 0.1) is 0 Å². The van der Waals surface area contributed by atoms with E-state index >= 15 is 0 Å². The molecule has 0 saturated heterocycles. The van der Waals surface area contributed by atoms with Crippen molar-refractivity contribution in [3.63, 3.8) is 0 Å². The zero-order valence-corrected chi connectivity index (χ0v) is 18.7. The van der Waals surface area contributed by atoms with Gasteiger partial charge in [0.1, 0.15) is 0 Å². The first kappa shape index (κ1) is 22.6. The Bertz CT molecular complexity index is 1060. The first-order valence-electron chi connectivity index (χ1n) is 9.94. The maximum Gasteiger partial charge on any atom is 0.254 e. The van der Waals surface area contributed by atoms with Gasteiger partial charge in [0.05, 0.1) is 4.90 Å². The molecule has 0 bridgehead atoms. The van der Waals surface area contributed by atoms with Crippen molar-refractivity contribution in [2.24, 2.45) is 0 Å². The highest BCUT2D eigenvalue weighted by atomic mass is 32.2. The van der Waals surface area contributed by atoms with Gasteiger partial charge in [-0.1, -0.05) is 6.07 Å². The highest BCUT2D eigenvalue weighted by molar-refractivity contribution is 7.89. The lowest BCUT2D eigenvalue weighted by molar-refractivity contribution is 0.0729. The maximum atomic E-state index is 13.3. The van der Waals surface area contributed by atoms with E-state index in [1.807, 2.05) is 38.1 Å². The van der Waals surface area contributed by atoms with Crippen molar-refractivity contribution in [2.75, 3.05) is 7.05 Å². The van der Waals surface area contributed by atoms with Gasteiger partial charge in [0, 0.05) is 56.5 Å². The molecule has 2 heterocycles. The third-order valence-corrected chi connectivity index (χ3v) is 7.06. The second-order valence-corrected chi connectivity index (χ2v) is 9.51. The van der Waals surface area contributed by atoms with Crippen LogP contribution >= 0.6 is 0 Å². The van der Waals surface area contributed by atoms with E-state index in [4.69, 9.17) is 0 Å². The summed E-state index contributed by atoms with van der Waals surface area (Å²) in [5, 5.41) is 0. The van der Waals surface area contributed by atoms with Gasteiger partial charge < -0.3 is 4.90 Å². The van der Waals surface area contributed by atoms with Crippen molar-refractivity contribution in [1.82, 2.24) is 19.2 Å². The number of benzene rings is 1. The van der Waals surface area contributed by atoms with E-state index in [9.17, 15) is 13.2 Å². The number of nitrogens with zero attached hydrogens (tertiary/aromatic N) is 4. The van der Waals surface area contributed by atoms with E-state index in [1.54, 1.807) is 48.9 Å². The molecule has 1 amide bonds. The van der Waals surface area contributed by atoms with Crippen LogP contribution in [0.15, 0.2) is 78.2 Å². The Kier molecular flexibility index (Phi) is 7.14. The van der Waals surface area contributed by atoms with E-state index in [0.717, 1.165) is 11.1 Å². The molecule has 3 rings (SSSR count). The summed E-state index contributed by atoms with van der Waals surface area (Å²) in [6, 6.07) is 13.4. The van der Waals surface area contributed by atoms with E-state index in [-0.39, 0.29) is 16.8 Å². The Morgan fingerprint density at radius 2 is 1.55 bits per heavy atom. The number of rotatable bonds is 8. The number of aromatic nitrogens is 2. The van der Waals surface area contributed by atoms with Crippen molar-refractivity contribution in [1.29, 1.82) is 0 Å². The Morgan fingerprint density at radius 1 is 0.903 bits per heavy atom. The number of hydrogen-bond donors (Lipinski definition) is 0. The van der Waals surface area contributed by atoms with E-state index in [2.05, 4.69) is 9.97 Å². The lowest BCUT2D eigenvalue weighted by Crippen LogP contribution is -2.33. The lowest BCUT2D eigenvalue weighted by Gasteiger charge is -2.24. The molecule has 0 saturated carbocycles. The molecule has 1 aromatic carbocycles. The van der Waals surface area contributed by atoms with Crippen molar-refractivity contribution in [2.45, 2.75) is 37.9 Å². The van der Waals surface area contributed by atoms with Gasteiger partial charge in [-0.05, 0) is 67.4 Å². The molecule has 0 aliphatic heterocycles. The molecule has 0 aliphatic rings.